The van der Waals surface area contributed by atoms with Gasteiger partial charge in [0.2, 0.25) is 5.91 Å². The maximum atomic E-state index is 11.9. The number of nitrogens with two attached hydrogens (primary N) is 1. The molecular formula is C11H23N3O. The molecule has 1 aliphatic rings. The lowest BCUT2D eigenvalue weighted by molar-refractivity contribution is -0.134. The molecule has 1 aliphatic heterocycles. The maximum absolute atomic E-state index is 11.9. The summed E-state index contributed by atoms with van der Waals surface area (Å²) in [6.45, 7) is 8.93. The number of hydrogen-bond acceptors (Lipinski definition) is 3. The van der Waals surface area contributed by atoms with Crippen molar-refractivity contribution in [1.29, 1.82) is 0 Å². The molecule has 1 fully saturated rings. The molecule has 88 valence electrons. The molecule has 1 amide bonds. The van der Waals surface area contributed by atoms with Gasteiger partial charge in [0.25, 0.3) is 0 Å². The van der Waals surface area contributed by atoms with E-state index in [0.717, 1.165) is 45.6 Å². The van der Waals surface area contributed by atoms with E-state index < -0.39 is 0 Å². The fourth-order valence-corrected chi connectivity index (χ4v) is 1.95. The predicted octanol–water partition coefficient (Wildman–Crippen LogP) is 0.278. The quantitative estimate of drug-likeness (QED) is 0.729. The first-order chi connectivity index (χ1) is 7.19. The van der Waals surface area contributed by atoms with E-state index >= 15 is 0 Å². The van der Waals surface area contributed by atoms with Gasteiger partial charge in [-0.05, 0) is 13.0 Å². The highest BCUT2D eigenvalue weighted by atomic mass is 16.2. The smallest absolute Gasteiger partial charge is 0.239 e. The minimum atomic E-state index is -0.289. The van der Waals surface area contributed by atoms with Gasteiger partial charge in [-0.1, -0.05) is 20.3 Å². The SMILES string of the molecule is CCC[C@@H](N)C(=O)N1CCN(CC)CC1. The van der Waals surface area contributed by atoms with Gasteiger partial charge in [0.1, 0.15) is 0 Å². The summed E-state index contributed by atoms with van der Waals surface area (Å²) in [5, 5.41) is 0. The fraction of sp³-hybridized carbons (Fsp3) is 0.909. The van der Waals surface area contributed by atoms with Crippen molar-refractivity contribution in [2.75, 3.05) is 32.7 Å². The molecule has 4 nitrogen and oxygen atoms in total. The van der Waals surface area contributed by atoms with Crippen molar-refractivity contribution in [2.45, 2.75) is 32.7 Å². The number of rotatable bonds is 4. The third-order valence-corrected chi connectivity index (χ3v) is 3.05. The molecule has 1 heterocycles. The highest BCUT2D eigenvalue weighted by molar-refractivity contribution is 5.81. The number of likely N-dealkylation sites (N-methyl/N-ethyl adjacent to an activating group) is 1. The Morgan fingerprint density at radius 2 is 1.87 bits per heavy atom. The van der Waals surface area contributed by atoms with Gasteiger partial charge in [0.15, 0.2) is 0 Å². The molecule has 1 rings (SSSR count). The number of nitrogens with zero attached hydrogens (tertiary/aromatic N) is 2. The normalized spacial score (nSPS) is 20.3. The van der Waals surface area contributed by atoms with Crippen LogP contribution >= 0.6 is 0 Å². The first kappa shape index (κ1) is 12.5. The average molecular weight is 213 g/mol. The molecule has 15 heavy (non-hydrogen) atoms. The van der Waals surface area contributed by atoms with Crippen molar-refractivity contribution >= 4 is 5.91 Å². The summed E-state index contributed by atoms with van der Waals surface area (Å²) < 4.78 is 0. The van der Waals surface area contributed by atoms with Crippen molar-refractivity contribution in [2.24, 2.45) is 5.73 Å². The zero-order valence-electron chi connectivity index (χ0n) is 9.91. The number of carbonyl (C=O) groups is 1. The van der Waals surface area contributed by atoms with E-state index in [4.69, 9.17) is 5.73 Å². The van der Waals surface area contributed by atoms with Gasteiger partial charge in [-0.25, -0.2) is 0 Å². The molecule has 0 aliphatic carbocycles. The van der Waals surface area contributed by atoms with Crippen LogP contribution in [-0.4, -0.2) is 54.5 Å². The second-order valence-electron chi connectivity index (χ2n) is 4.15. The highest BCUT2D eigenvalue weighted by Gasteiger charge is 2.23. The second kappa shape index (κ2) is 6.08. The molecule has 0 spiro atoms. The van der Waals surface area contributed by atoms with Gasteiger partial charge in [-0.15, -0.1) is 0 Å². The Labute approximate surface area is 92.4 Å². The molecule has 0 unspecified atom stereocenters. The van der Waals surface area contributed by atoms with E-state index in [9.17, 15) is 4.79 Å². The number of carbonyl (C=O) groups excluding carboxylic acids is 1. The van der Waals surface area contributed by atoms with Crippen LogP contribution in [0.2, 0.25) is 0 Å². The van der Waals surface area contributed by atoms with E-state index in [1.165, 1.54) is 0 Å². The zero-order valence-corrected chi connectivity index (χ0v) is 9.91. The Bertz CT molecular complexity index is 200. The van der Waals surface area contributed by atoms with Crippen LogP contribution in [0.3, 0.4) is 0 Å². The molecule has 0 bridgehead atoms. The van der Waals surface area contributed by atoms with E-state index in [1.54, 1.807) is 0 Å². The van der Waals surface area contributed by atoms with Crippen molar-refractivity contribution in [3.63, 3.8) is 0 Å². The summed E-state index contributed by atoms with van der Waals surface area (Å²) in [5.74, 6) is 0.132. The second-order valence-corrected chi connectivity index (χ2v) is 4.15. The van der Waals surface area contributed by atoms with Gasteiger partial charge >= 0.3 is 0 Å². The van der Waals surface area contributed by atoms with Crippen molar-refractivity contribution < 1.29 is 4.79 Å². The lowest BCUT2D eigenvalue weighted by atomic mass is 10.1. The van der Waals surface area contributed by atoms with Gasteiger partial charge in [-0.2, -0.15) is 0 Å². The average Bonchev–Trinajstić information content (AvgIpc) is 2.28. The Hall–Kier alpha value is -0.610. The summed E-state index contributed by atoms with van der Waals surface area (Å²) in [5.41, 5.74) is 5.82. The monoisotopic (exact) mass is 213 g/mol. The molecule has 0 aromatic carbocycles. The third kappa shape index (κ3) is 3.47. The van der Waals surface area contributed by atoms with Gasteiger partial charge < -0.3 is 15.5 Å². The van der Waals surface area contributed by atoms with Crippen LogP contribution in [-0.2, 0) is 4.79 Å². The molecule has 1 saturated heterocycles. The van der Waals surface area contributed by atoms with Crippen LogP contribution in [0.1, 0.15) is 26.7 Å². The van der Waals surface area contributed by atoms with Crippen LogP contribution in [0.15, 0.2) is 0 Å². The Morgan fingerprint density at radius 1 is 1.27 bits per heavy atom. The summed E-state index contributed by atoms with van der Waals surface area (Å²) >= 11 is 0. The molecule has 1 atom stereocenters. The maximum Gasteiger partial charge on any atom is 0.239 e. The zero-order chi connectivity index (χ0) is 11.3. The summed E-state index contributed by atoms with van der Waals surface area (Å²) in [4.78, 5) is 16.1. The van der Waals surface area contributed by atoms with E-state index in [-0.39, 0.29) is 11.9 Å². The van der Waals surface area contributed by atoms with Gasteiger partial charge in [-0.3, -0.25) is 4.79 Å². The lowest BCUT2D eigenvalue weighted by Crippen LogP contribution is -2.52. The Balaban J connectivity index is 2.35. The first-order valence-electron chi connectivity index (χ1n) is 5.95. The molecule has 0 aromatic rings. The van der Waals surface area contributed by atoms with Crippen LogP contribution < -0.4 is 5.73 Å². The fourth-order valence-electron chi connectivity index (χ4n) is 1.95. The number of amides is 1. The van der Waals surface area contributed by atoms with Gasteiger partial charge in [0, 0.05) is 26.2 Å². The number of hydrogen-bond donors (Lipinski definition) is 1. The standard InChI is InChI=1S/C11H23N3O/c1-3-5-10(12)11(15)14-8-6-13(4-2)7-9-14/h10H,3-9,12H2,1-2H3/t10-/m1/s1. The first-order valence-corrected chi connectivity index (χ1v) is 5.95. The molecule has 0 aromatic heterocycles. The van der Waals surface area contributed by atoms with Crippen molar-refractivity contribution in [3.8, 4) is 0 Å². The summed E-state index contributed by atoms with van der Waals surface area (Å²) in [6.07, 6.45) is 1.77. The Morgan fingerprint density at radius 3 is 2.33 bits per heavy atom. The topological polar surface area (TPSA) is 49.6 Å². The highest BCUT2D eigenvalue weighted by Crippen LogP contribution is 2.05. The molecule has 0 radical (unpaired) electrons. The molecule has 0 saturated carbocycles. The van der Waals surface area contributed by atoms with Crippen LogP contribution in [0, 0.1) is 0 Å². The number of piperazine rings is 1. The third-order valence-electron chi connectivity index (χ3n) is 3.05. The summed E-state index contributed by atoms with van der Waals surface area (Å²) in [7, 11) is 0. The largest absolute Gasteiger partial charge is 0.339 e. The molecule has 2 N–H and O–H groups in total. The van der Waals surface area contributed by atoms with E-state index in [2.05, 4.69) is 18.7 Å². The van der Waals surface area contributed by atoms with Crippen LogP contribution in [0.25, 0.3) is 0 Å². The molecular weight excluding hydrogens is 190 g/mol. The minimum Gasteiger partial charge on any atom is -0.339 e. The van der Waals surface area contributed by atoms with Crippen LogP contribution in [0.4, 0.5) is 0 Å². The summed E-state index contributed by atoms with van der Waals surface area (Å²) in [6, 6.07) is -0.289. The predicted molar refractivity (Wildman–Crippen MR) is 61.6 cm³/mol. The van der Waals surface area contributed by atoms with E-state index in [0.29, 0.717) is 0 Å². The minimum absolute atomic E-state index is 0.132. The van der Waals surface area contributed by atoms with Crippen molar-refractivity contribution in [1.82, 2.24) is 9.80 Å². The molecule has 4 heteroatoms. The lowest BCUT2D eigenvalue weighted by Gasteiger charge is -2.35. The van der Waals surface area contributed by atoms with E-state index in [1.807, 2.05) is 4.90 Å². The Kier molecular flexibility index (Phi) is 5.05. The van der Waals surface area contributed by atoms with Crippen molar-refractivity contribution in [3.05, 3.63) is 0 Å². The van der Waals surface area contributed by atoms with Gasteiger partial charge in [0.05, 0.1) is 6.04 Å². The van der Waals surface area contributed by atoms with Crippen LogP contribution in [0.5, 0.6) is 0 Å².